The smallest absolute Gasteiger partial charge is 0.364 e. The van der Waals surface area contributed by atoms with Gasteiger partial charge in [-0.2, -0.15) is 0 Å². The molecule has 4 rings (SSSR count). The van der Waals surface area contributed by atoms with Crippen molar-refractivity contribution in [2.24, 2.45) is 11.7 Å². The molecule has 7 nitrogen and oxygen atoms in total. The number of benzene rings is 1. The van der Waals surface area contributed by atoms with E-state index in [0.717, 1.165) is 21.8 Å². The first-order chi connectivity index (χ1) is 10.9. The lowest BCUT2D eigenvalue weighted by molar-refractivity contribution is 0.0996. The first-order valence-corrected chi connectivity index (χ1v) is 7.87. The molecule has 1 amide bonds. The molecule has 1 aromatic carbocycles. The van der Waals surface area contributed by atoms with E-state index < -0.39 is 11.7 Å². The maximum Gasteiger partial charge on any atom is 0.438 e. The van der Waals surface area contributed by atoms with Gasteiger partial charge in [0.05, 0.1) is 0 Å². The van der Waals surface area contributed by atoms with E-state index in [4.69, 9.17) is 5.73 Å². The number of amides is 1. The number of carbonyl (C=O) groups excluding carboxylic acids is 1. The quantitative estimate of drug-likeness (QED) is 0.634. The number of nitrogens with two attached hydrogens (primary N) is 1. The lowest BCUT2D eigenvalue weighted by Gasteiger charge is -1.89. The molecule has 1 saturated carbocycles. The zero-order chi connectivity index (χ0) is 16.6. The number of primary amides is 1. The van der Waals surface area contributed by atoms with Crippen molar-refractivity contribution in [1.82, 2.24) is 15.1 Å². The minimum absolute atomic E-state index is 0.437. The Balaban J connectivity index is 0.000000140. The summed E-state index contributed by atoms with van der Waals surface area (Å²) in [5.74, 6) is 0.908. The average molecular weight is 379 g/mol. The first kappa shape index (κ1) is 15.5. The molecule has 4 N–H and O–H groups in total. The Morgan fingerprint density at radius 2 is 2.13 bits per heavy atom. The normalized spacial score (nSPS) is 19.2. The second kappa shape index (κ2) is 6.04. The molecule has 0 aliphatic heterocycles. The van der Waals surface area contributed by atoms with Crippen LogP contribution in [0, 0.1) is 5.92 Å². The lowest BCUT2D eigenvalue weighted by Crippen LogP contribution is -2.10. The molecule has 23 heavy (non-hydrogen) atoms. The summed E-state index contributed by atoms with van der Waals surface area (Å²) in [5, 5.41) is 4.56. The third-order valence-electron chi connectivity index (χ3n) is 3.77. The Labute approximate surface area is 139 Å². The van der Waals surface area contributed by atoms with E-state index in [0.29, 0.717) is 23.4 Å². The van der Waals surface area contributed by atoms with Gasteiger partial charge in [0.15, 0.2) is 5.82 Å². The van der Waals surface area contributed by atoms with E-state index in [1.165, 1.54) is 0 Å². The zero-order valence-corrected chi connectivity index (χ0v) is 13.9. The van der Waals surface area contributed by atoms with Crippen molar-refractivity contribution < 1.29 is 9.32 Å². The van der Waals surface area contributed by atoms with Gasteiger partial charge >= 0.3 is 5.76 Å². The summed E-state index contributed by atoms with van der Waals surface area (Å²) in [6, 6.07) is 7.47. The molecule has 0 bridgehead atoms. The van der Waals surface area contributed by atoms with Crippen molar-refractivity contribution in [3.63, 3.8) is 0 Å². The van der Waals surface area contributed by atoms with E-state index in [-0.39, 0.29) is 0 Å². The first-order valence-electron chi connectivity index (χ1n) is 7.08. The molecule has 0 radical (unpaired) electrons. The molecule has 1 fully saturated rings. The molecule has 1 aliphatic rings. The average Bonchev–Trinajstić information content (AvgIpc) is 2.90. The highest BCUT2D eigenvalue weighted by molar-refractivity contribution is 9.10. The molecule has 1 aliphatic carbocycles. The number of H-pyrrole nitrogens is 2. The third-order valence-corrected chi connectivity index (χ3v) is 4.26. The number of aromatic amines is 2. The van der Waals surface area contributed by atoms with Crippen LogP contribution in [0.4, 0.5) is 0 Å². The molecule has 0 spiro atoms. The van der Waals surface area contributed by atoms with Gasteiger partial charge in [-0.3, -0.25) is 14.3 Å². The van der Waals surface area contributed by atoms with Gasteiger partial charge in [-0.15, -0.1) is 0 Å². The Morgan fingerprint density at radius 3 is 2.70 bits per heavy atom. The fraction of sp³-hybridized carbons (Fsp3) is 0.267. The highest BCUT2D eigenvalue weighted by Gasteiger charge is 2.37. The van der Waals surface area contributed by atoms with Crippen LogP contribution in [0.1, 0.15) is 35.6 Å². The zero-order valence-electron chi connectivity index (χ0n) is 12.3. The van der Waals surface area contributed by atoms with Crippen LogP contribution in [0.2, 0.25) is 0 Å². The molecular formula is C15H15BrN4O3. The molecule has 2 heterocycles. The summed E-state index contributed by atoms with van der Waals surface area (Å²) in [5.41, 5.74) is 6.49. The van der Waals surface area contributed by atoms with Crippen molar-refractivity contribution in [2.75, 3.05) is 0 Å². The van der Waals surface area contributed by atoms with Gasteiger partial charge in [0.1, 0.15) is 5.69 Å². The number of hydrogen-bond donors (Lipinski definition) is 3. The number of rotatable bonds is 2. The molecular weight excluding hydrogens is 364 g/mol. The monoisotopic (exact) mass is 378 g/mol. The summed E-state index contributed by atoms with van der Waals surface area (Å²) in [6.45, 7) is 2.12. The van der Waals surface area contributed by atoms with E-state index >= 15 is 0 Å². The summed E-state index contributed by atoms with van der Waals surface area (Å²) in [7, 11) is 0. The molecule has 3 aromatic rings. The maximum atomic E-state index is 10.8. The van der Waals surface area contributed by atoms with Gasteiger partial charge in [0.25, 0.3) is 5.91 Å². The van der Waals surface area contributed by atoms with Crippen molar-refractivity contribution in [3.8, 4) is 0 Å². The Bertz CT molecular complexity index is 911. The van der Waals surface area contributed by atoms with Crippen LogP contribution in [-0.2, 0) is 0 Å². The minimum Gasteiger partial charge on any atom is -0.364 e. The van der Waals surface area contributed by atoms with E-state index in [2.05, 4.69) is 42.5 Å². The van der Waals surface area contributed by atoms with Gasteiger partial charge in [-0.05, 0) is 36.6 Å². The van der Waals surface area contributed by atoms with Gasteiger partial charge in [0.2, 0.25) is 0 Å². The topological polar surface area (TPSA) is 118 Å². The molecule has 8 heteroatoms. The van der Waals surface area contributed by atoms with E-state index in [1.807, 2.05) is 18.2 Å². The molecule has 0 saturated heterocycles. The van der Waals surface area contributed by atoms with Gasteiger partial charge in [-0.25, -0.2) is 4.79 Å². The molecule has 2 unspecified atom stereocenters. The SMILES string of the molecule is CC1CC1c1noc(=O)[nH]1.NC(=O)c1cc2cc(Br)ccc2[nH]1. The highest BCUT2D eigenvalue weighted by Crippen LogP contribution is 2.44. The van der Waals surface area contributed by atoms with Crippen LogP contribution in [0.25, 0.3) is 10.9 Å². The summed E-state index contributed by atoms with van der Waals surface area (Å²) in [4.78, 5) is 26.7. The summed E-state index contributed by atoms with van der Waals surface area (Å²) >= 11 is 3.35. The number of carbonyl (C=O) groups is 1. The van der Waals surface area contributed by atoms with Crippen molar-refractivity contribution >= 4 is 32.7 Å². The number of fused-ring (bicyclic) bond motifs is 1. The van der Waals surface area contributed by atoms with Crippen molar-refractivity contribution in [1.29, 1.82) is 0 Å². The summed E-state index contributed by atoms with van der Waals surface area (Å²) < 4.78 is 5.33. The fourth-order valence-electron chi connectivity index (χ4n) is 2.34. The van der Waals surface area contributed by atoms with Crippen LogP contribution in [0.5, 0.6) is 0 Å². The Kier molecular flexibility index (Phi) is 4.08. The van der Waals surface area contributed by atoms with Gasteiger partial charge in [-0.1, -0.05) is 28.0 Å². The number of nitrogens with one attached hydrogen (secondary N) is 2. The lowest BCUT2D eigenvalue weighted by atomic mass is 10.2. The van der Waals surface area contributed by atoms with Crippen molar-refractivity contribution in [3.05, 3.63) is 50.8 Å². The van der Waals surface area contributed by atoms with Crippen LogP contribution in [0.3, 0.4) is 0 Å². The third kappa shape index (κ3) is 3.53. The molecule has 120 valence electrons. The van der Waals surface area contributed by atoms with Crippen LogP contribution in [0.15, 0.2) is 38.1 Å². The Morgan fingerprint density at radius 1 is 1.39 bits per heavy atom. The second-order valence-electron chi connectivity index (χ2n) is 5.58. The number of hydrogen-bond acceptors (Lipinski definition) is 4. The van der Waals surface area contributed by atoms with Crippen LogP contribution in [-0.4, -0.2) is 21.0 Å². The summed E-state index contributed by atoms with van der Waals surface area (Å²) in [6.07, 6.45) is 1.11. The van der Waals surface area contributed by atoms with E-state index in [1.54, 1.807) is 6.07 Å². The highest BCUT2D eigenvalue weighted by atomic mass is 79.9. The Hall–Kier alpha value is -2.35. The maximum absolute atomic E-state index is 10.8. The second-order valence-corrected chi connectivity index (χ2v) is 6.49. The largest absolute Gasteiger partial charge is 0.438 e. The number of nitrogens with zero attached hydrogens (tertiary/aromatic N) is 1. The fourth-order valence-corrected chi connectivity index (χ4v) is 2.72. The van der Waals surface area contributed by atoms with Gasteiger partial charge in [0, 0.05) is 21.3 Å². The predicted molar refractivity (Wildman–Crippen MR) is 88.2 cm³/mol. The van der Waals surface area contributed by atoms with Gasteiger partial charge < -0.3 is 10.7 Å². The molecule has 2 atom stereocenters. The number of halogens is 1. The van der Waals surface area contributed by atoms with E-state index in [9.17, 15) is 9.59 Å². The standard InChI is InChI=1S/C9H7BrN2O.C6H8N2O2/c10-6-1-2-7-5(3-6)4-8(12-7)9(11)13;1-3-2-4(3)5-7-6(9)10-8-5/h1-4,12H,(H2,11,13);3-4H,2H2,1H3,(H,7,8,9). The minimum atomic E-state index is -0.450. The molecule has 2 aromatic heterocycles. The van der Waals surface area contributed by atoms with Crippen LogP contribution < -0.4 is 11.5 Å². The van der Waals surface area contributed by atoms with Crippen molar-refractivity contribution in [2.45, 2.75) is 19.3 Å². The predicted octanol–water partition coefficient (Wildman–Crippen LogP) is 2.52. The van der Waals surface area contributed by atoms with Crippen LogP contribution >= 0.6 is 15.9 Å². The number of aromatic nitrogens is 3.